The molecule has 0 aliphatic carbocycles. The number of nitrogens with zero attached hydrogens (tertiary/aromatic N) is 1. The summed E-state index contributed by atoms with van der Waals surface area (Å²) in [4.78, 5) is 4.16. The molecule has 0 saturated carbocycles. The zero-order chi connectivity index (χ0) is 10.6. The molecule has 1 aromatic rings. The van der Waals surface area contributed by atoms with Gasteiger partial charge in [-0.25, -0.2) is 4.98 Å². The standard InChI is InChI=1S/C9H16N2O3/c1-6-7(2)14-9(11-6)4-10-3-8(13)5-12/h8,10,12-13H,3-5H2,1-2H3. The molecule has 1 atom stereocenters. The lowest BCUT2D eigenvalue weighted by Gasteiger charge is -2.06. The maximum absolute atomic E-state index is 9.03. The Morgan fingerprint density at radius 1 is 1.50 bits per heavy atom. The van der Waals surface area contributed by atoms with E-state index < -0.39 is 6.10 Å². The van der Waals surface area contributed by atoms with Crippen molar-refractivity contribution in [1.82, 2.24) is 10.3 Å². The van der Waals surface area contributed by atoms with Crippen molar-refractivity contribution < 1.29 is 14.6 Å². The minimum atomic E-state index is -0.729. The van der Waals surface area contributed by atoms with Gasteiger partial charge < -0.3 is 19.9 Å². The van der Waals surface area contributed by atoms with Crippen LogP contribution in [-0.2, 0) is 6.54 Å². The highest BCUT2D eigenvalue weighted by Gasteiger charge is 2.06. The van der Waals surface area contributed by atoms with Crippen molar-refractivity contribution in [1.29, 1.82) is 0 Å². The Bertz CT molecular complexity index is 266. The van der Waals surface area contributed by atoms with E-state index in [2.05, 4.69) is 10.3 Å². The Kier molecular flexibility index (Phi) is 4.06. The van der Waals surface area contributed by atoms with E-state index in [1.54, 1.807) is 0 Å². The predicted molar refractivity (Wildman–Crippen MR) is 50.8 cm³/mol. The molecular formula is C9H16N2O3. The van der Waals surface area contributed by atoms with Gasteiger partial charge in [0.25, 0.3) is 0 Å². The van der Waals surface area contributed by atoms with Gasteiger partial charge in [0, 0.05) is 6.54 Å². The maximum atomic E-state index is 9.03. The average Bonchev–Trinajstić information content (AvgIpc) is 2.46. The molecule has 1 rings (SSSR count). The summed E-state index contributed by atoms with van der Waals surface area (Å²) >= 11 is 0. The highest BCUT2D eigenvalue weighted by molar-refractivity contribution is 5.05. The first kappa shape index (κ1) is 11.2. The van der Waals surface area contributed by atoms with Crippen LogP contribution in [0.1, 0.15) is 17.3 Å². The number of nitrogens with one attached hydrogen (secondary N) is 1. The van der Waals surface area contributed by atoms with Gasteiger partial charge in [0.2, 0.25) is 5.89 Å². The Labute approximate surface area is 82.8 Å². The van der Waals surface area contributed by atoms with Crippen molar-refractivity contribution in [2.24, 2.45) is 0 Å². The predicted octanol–water partition coefficient (Wildman–Crippen LogP) is -0.266. The molecule has 1 unspecified atom stereocenters. The molecular weight excluding hydrogens is 184 g/mol. The fraction of sp³-hybridized carbons (Fsp3) is 0.667. The summed E-state index contributed by atoms with van der Waals surface area (Å²) in [7, 11) is 0. The zero-order valence-electron chi connectivity index (χ0n) is 8.45. The first-order valence-electron chi connectivity index (χ1n) is 4.56. The lowest BCUT2D eigenvalue weighted by Crippen LogP contribution is -2.29. The summed E-state index contributed by atoms with van der Waals surface area (Å²) < 4.78 is 5.31. The summed E-state index contributed by atoms with van der Waals surface area (Å²) in [5.74, 6) is 1.41. The molecule has 80 valence electrons. The van der Waals surface area contributed by atoms with Crippen LogP contribution in [0.4, 0.5) is 0 Å². The maximum Gasteiger partial charge on any atom is 0.208 e. The first-order valence-corrected chi connectivity index (χ1v) is 4.56. The molecule has 0 fully saturated rings. The van der Waals surface area contributed by atoms with Crippen molar-refractivity contribution in [2.45, 2.75) is 26.5 Å². The van der Waals surface area contributed by atoms with Crippen LogP contribution in [0.5, 0.6) is 0 Å². The lowest BCUT2D eigenvalue weighted by molar-refractivity contribution is 0.0937. The molecule has 14 heavy (non-hydrogen) atoms. The Balaban J connectivity index is 2.31. The molecule has 0 amide bonds. The fourth-order valence-corrected chi connectivity index (χ4v) is 1.03. The van der Waals surface area contributed by atoms with Crippen molar-refractivity contribution in [2.75, 3.05) is 13.2 Å². The van der Waals surface area contributed by atoms with E-state index in [1.807, 2.05) is 13.8 Å². The van der Waals surface area contributed by atoms with Crippen LogP contribution in [0.25, 0.3) is 0 Å². The molecule has 5 nitrogen and oxygen atoms in total. The quantitative estimate of drug-likeness (QED) is 0.610. The molecule has 1 aromatic heterocycles. The van der Waals surface area contributed by atoms with Gasteiger partial charge in [-0.1, -0.05) is 0 Å². The number of aryl methyl sites for hydroxylation is 2. The smallest absolute Gasteiger partial charge is 0.208 e. The van der Waals surface area contributed by atoms with Crippen LogP contribution in [0, 0.1) is 13.8 Å². The Hall–Kier alpha value is -0.910. The Morgan fingerprint density at radius 3 is 2.71 bits per heavy atom. The number of oxazole rings is 1. The van der Waals surface area contributed by atoms with E-state index in [0.717, 1.165) is 11.5 Å². The van der Waals surface area contributed by atoms with Crippen LogP contribution in [0.2, 0.25) is 0 Å². The average molecular weight is 200 g/mol. The van der Waals surface area contributed by atoms with Crippen molar-refractivity contribution in [3.05, 3.63) is 17.3 Å². The van der Waals surface area contributed by atoms with Crippen LogP contribution in [0.3, 0.4) is 0 Å². The van der Waals surface area contributed by atoms with Crippen molar-refractivity contribution in [3.63, 3.8) is 0 Å². The number of aliphatic hydroxyl groups is 2. The molecule has 0 bridgehead atoms. The summed E-state index contributed by atoms with van der Waals surface area (Å²) in [6.07, 6.45) is -0.729. The van der Waals surface area contributed by atoms with Crippen LogP contribution in [-0.4, -0.2) is 34.5 Å². The lowest BCUT2D eigenvalue weighted by atomic mass is 10.4. The van der Waals surface area contributed by atoms with Crippen LogP contribution >= 0.6 is 0 Å². The monoisotopic (exact) mass is 200 g/mol. The summed E-state index contributed by atoms with van der Waals surface area (Å²) in [6, 6.07) is 0. The van der Waals surface area contributed by atoms with Gasteiger partial charge >= 0.3 is 0 Å². The highest BCUT2D eigenvalue weighted by atomic mass is 16.4. The second-order valence-corrected chi connectivity index (χ2v) is 3.22. The van der Waals surface area contributed by atoms with E-state index in [9.17, 15) is 0 Å². The normalized spacial score (nSPS) is 13.1. The van der Waals surface area contributed by atoms with Gasteiger partial charge in [0.05, 0.1) is 24.9 Å². The number of aliphatic hydroxyl groups excluding tert-OH is 2. The summed E-state index contributed by atoms with van der Waals surface area (Å²) in [6.45, 7) is 4.29. The molecule has 5 heteroatoms. The van der Waals surface area contributed by atoms with Crippen molar-refractivity contribution >= 4 is 0 Å². The Morgan fingerprint density at radius 2 is 2.21 bits per heavy atom. The minimum Gasteiger partial charge on any atom is -0.444 e. The van der Waals surface area contributed by atoms with Crippen LogP contribution in [0.15, 0.2) is 4.42 Å². The van der Waals surface area contributed by atoms with Gasteiger partial charge in [-0.05, 0) is 13.8 Å². The second-order valence-electron chi connectivity index (χ2n) is 3.22. The van der Waals surface area contributed by atoms with Gasteiger partial charge in [-0.3, -0.25) is 0 Å². The molecule has 0 saturated heterocycles. The number of hydrogen-bond donors (Lipinski definition) is 3. The van der Waals surface area contributed by atoms with E-state index in [-0.39, 0.29) is 6.61 Å². The van der Waals surface area contributed by atoms with E-state index in [4.69, 9.17) is 14.6 Å². The third-order valence-electron chi connectivity index (χ3n) is 1.94. The number of rotatable bonds is 5. The molecule has 1 heterocycles. The highest BCUT2D eigenvalue weighted by Crippen LogP contribution is 2.07. The topological polar surface area (TPSA) is 78.5 Å². The van der Waals surface area contributed by atoms with Crippen LogP contribution < -0.4 is 5.32 Å². The minimum absolute atomic E-state index is 0.239. The molecule has 0 radical (unpaired) electrons. The van der Waals surface area contributed by atoms with Gasteiger partial charge in [-0.2, -0.15) is 0 Å². The number of aromatic nitrogens is 1. The summed E-state index contributed by atoms with van der Waals surface area (Å²) in [5, 5.41) is 20.5. The van der Waals surface area contributed by atoms with E-state index in [1.165, 1.54) is 0 Å². The van der Waals surface area contributed by atoms with Gasteiger partial charge in [0.15, 0.2) is 0 Å². The molecule has 0 spiro atoms. The molecule has 0 aromatic carbocycles. The van der Waals surface area contributed by atoms with Gasteiger partial charge in [-0.15, -0.1) is 0 Å². The SMILES string of the molecule is Cc1nc(CNCC(O)CO)oc1C. The first-order chi connectivity index (χ1) is 6.63. The fourth-order valence-electron chi connectivity index (χ4n) is 1.03. The third kappa shape index (κ3) is 3.10. The van der Waals surface area contributed by atoms with Gasteiger partial charge in [0.1, 0.15) is 5.76 Å². The van der Waals surface area contributed by atoms with Crippen molar-refractivity contribution in [3.8, 4) is 0 Å². The summed E-state index contributed by atoms with van der Waals surface area (Å²) in [5.41, 5.74) is 0.879. The number of hydrogen-bond acceptors (Lipinski definition) is 5. The molecule has 0 aliphatic heterocycles. The van der Waals surface area contributed by atoms with E-state index in [0.29, 0.717) is 19.0 Å². The second kappa shape index (κ2) is 5.09. The van der Waals surface area contributed by atoms with E-state index >= 15 is 0 Å². The third-order valence-corrected chi connectivity index (χ3v) is 1.94. The zero-order valence-corrected chi connectivity index (χ0v) is 8.45. The largest absolute Gasteiger partial charge is 0.444 e. The molecule has 0 aliphatic rings. The molecule has 3 N–H and O–H groups in total.